The highest BCUT2D eigenvalue weighted by Crippen LogP contribution is 2.45. The molecule has 1 unspecified atom stereocenters. The minimum Gasteiger partial charge on any atom is -0.487 e. The number of nitro benzene ring substituents is 1. The summed E-state index contributed by atoms with van der Waals surface area (Å²) in [6, 6.07) is 7.79. The van der Waals surface area contributed by atoms with Gasteiger partial charge >= 0.3 is 0 Å². The van der Waals surface area contributed by atoms with Gasteiger partial charge in [-0.3, -0.25) is 14.9 Å². The van der Waals surface area contributed by atoms with Crippen molar-refractivity contribution >= 4 is 17.2 Å². The van der Waals surface area contributed by atoms with Crippen molar-refractivity contribution in [2.24, 2.45) is 11.3 Å². The zero-order chi connectivity index (χ0) is 18.4. The van der Waals surface area contributed by atoms with Crippen LogP contribution in [-0.4, -0.2) is 16.4 Å². The van der Waals surface area contributed by atoms with Gasteiger partial charge in [0.1, 0.15) is 17.8 Å². The lowest BCUT2D eigenvalue weighted by molar-refractivity contribution is -0.384. The van der Waals surface area contributed by atoms with Crippen molar-refractivity contribution in [3.8, 4) is 6.07 Å². The Kier molecular flexibility index (Phi) is 3.91. The van der Waals surface area contributed by atoms with Gasteiger partial charge in [-0.15, -0.1) is 0 Å². The SMILES string of the molecule is CC1(C)CC(=O)C2=C(C1)O[C@@H](c1ccc([N+](=O)[O-])cc1)C(C#N)C2=N. The second kappa shape index (κ2) is 5.81. The van der Waals surface area contributed by atoms with E-state index in [0.717, 1.165) is 0 Å². The molecule has 0 saturated heterocycles. The number of nitrogens with one attached hydrogen (secondary N) is 1. The van der Waals surface area contributed by atoms with E-state index < -0.39 is 16.9 Å². The molecule has 2 atom stereocenters. The summed E-state index contributed by atoms with van der Waals surface area (Å²) in [5.74, 6) is -0.648. The molecule has 0 aromatic heterocycles. The number of carbonyl (C=O) groups excluding carboxylic acids is 1. The molecule has 25 heavy (non-hydrogen) atoms. The Morgan fingerprint density at radius 3 is 2.52 bits per heavy atom. The molecule has 1 N–H and O–H groups in total. The highest BCUT2D eigenvalue weighted by atomic mass is 16.6. The summed E-state index contributed by atoms with van der Waals surface area (Å²) in [5.41, 5.74) is 0.452. The molecule has 0 fully saturated rings. The first-order chi connectivity index (χ1) is 11.7. The molecule has 7 nitrogen and oxygen atoms in total. The van der Waals surface area contributed by atoms with Gasteiger partial charge in [-0.2, -0.15) is 5.26 Å². The van der Waals surface area contributed by atoms with Crippen molar-refractivity contribution in [2.45, 2.75) is 32.8 Å². The maximum Gasteiger partial charge on any atom is 0.269 e. The Morgan fingerprint density at radius 2 is 1.96 bits per heavy atom. The van der Waals surface area contributed by atoms with Crippen molar-refractivity contribution in [2.75, 3.05) is 0 Å². The molecule has 1 aromatic rings. The van der Waals surface area contributed by atoms with Crippen molar-refractivity contribution in [3.63, 3.8) is 0 Å². The fraction of sp³-hybridized carbons (Fsp3) is 0.389. The van der Waals surface area contributed by atoms with E-state index in [-0.39, 0.29) is 28.2 Å². The molecule has 1 aromatic carbocycles. The first kappa shape index (κ1) is 16.8. The van der Waals surface area contributed by atoms with E-state index in [4.69, 9.17) is 10.1 Å². The molecule has 3 rings (SSSR count). The first-order valence-corrected chi connectivity index (χ1v) is 7.89. The third-order valence-corrected chi connectivity index (χ3v) is 4.56. The molecule has 1 aliphatic carbocycles. The van der Waals surface area contributed by atoms with Gasteiger partial charge < -0.3 is 10.1 Å². The molecule has 0 amide bonds. The third kappa shape index (κ3) is 2.91. The number of nitro groups is 1. The van der Waals surface area contributed by atoms with Crippen LogP contribution in [0.25, 0.3) is 0 Å². The minimum atomic E-state index is -0.926. The van der Waals surface area contributed by atoms with E-state index in [2.05, 4.69) is 0 Å². The number of rotatable bonds is 2. The van der Waals surface area contributed by atoms with Gasteiger partial charge in [0, 0.05) is 25.0 Å². The molecule has 0 saturated carbocycles. The maximum atomic E-state index is 12.4. The fourth-order valence-corrected chi connectivity index (χ4v) is 3.37. The quantitative estimate of drug-likeness (QED) is 0.654. The zero-order valence-corrected chi connectivity index (χ0v) is 13.9. The van der Waals surface area contributed by atoms with Gasteiger partial charge in [-0.05, 0) is 23.1 Å². The number of ketones is 1. The van der Waals surface area contributed by atoms with Crippen molar-refractivity contribution in [1.29, 1.82) is 10.7 Å². The maximum absolute atomic E-state index is 12.4. The van der Waals surface area contributed by atoms with E-state index in [1.54, 1.807) is 0 Å². The summed E-state index contributed by atoms with van der Waals surface area (Å²) in [4.78, 5) is 22.7. The summed E-state index contributed by atoms with van der Waals surface area (Å²) in [7, 11) is 0. The van der Waals surface area contributed by atoms with Crippen LogP contribution >= 0.6 is 0 Å². The summed E-state index contributed by atoms with van der Waals surface area (Å²) < 4.78 is 5.98. The van der Waals surface area contributed by atoms with Gasteiger partial charge in [0.25, 0.3) is 5.69 Å². The molecule has 128 valence electrons. The minimum absolute atomic E-state index is 0.0207. The normalized spacial score (nSPS) is 25.0. The summed E-state index contributed by atoms with van der Waals surface area (Å²) in [5, 5.41) is 28.6. The Bertz CT molecular complexity index is 846. The van der Waals surface area contributed by atoms with Gasteiger partial charge in [0.15, 0.2) is 5.78 Å². The van der Waals surface area contributed by atoms with Gasteiger partial charge in [0.05, 0.1) is 22.3 Å². The lowest BCUT2D eigenvalue weighted by Crippen LogP contribution is -2.38. The number of hydrogen-bond donors (Lipinski definition) is 1. The molecular weight excluding hydrogens is 322 g/mol. The largest absolute Gasteiger partial charge is 0.487 e. The number of ether oxygens (including phenoxy) is 1. The molecule has 1 aliphatic heterocycles. The van der Waals surface area contributed by atoms with Gasteiger partial charge in [0.2, 0.25) is 0 Å². The summed E-state index contributed by atoms with van der Waals surface area (Å²) >= 11 is 0. The average Bonchev–Trinajstić information content (AvgIpc) is 2.53. The molecule has 7 heteroatoms. The molecule has 0 bridgehead atoms. The van der Waals surface area contributed by atoms with E-state index in [9.17, 15) is 20.2 Å². The molecule has 2 aliphatic rings. The second-order valence-electron chi connectivity index (χ2n) is 7.15. The van der Waals surface area contributed by atoms with Crippen LogP contribution < -0.4 is 0 Å². The van der Waals surface area contributed by atoms with Crippen molar-refractivity contribution in [1.82, 2.24) is 0 Å². The number of allylic oxidation sites excluding steroid dienone is 2. The monoisotopic (exact) mass is 339 g/mol. The number of Topliss-reactive ketones (excluding diaryl/α,β-unsaturated/α-hetero) is 1. The number of nitrogens with zero attached hydrogens (tertiary/aromatic N) is 2. The van der Waals surface area contributed by atoms with E-state index in [1.807, 2.05) is 19.9 Å². The van der Waals surface area contributed by atoms with E-state index >= 15 is 0 Å². The smallest absolute Gasteiger partial charge is 0.269 e. The van der Waals surface area contributed by atoms with Crippen LogP contribution in [0.4, 0.5) is 5.69 Å². The van der Waals surface area contributed by atoms with E-state index in [1.165, 1.54) is 24.3 Å². The first-order valence-electron chi connectivity index (χ1n) is 7.89. The zero-order valence-electron chi connectivity index (χ0n) is 13.9. The average molecular weight is 339 g/mol. The Hall–Kier alpha value is -3.01. The summed E-state index contributed by atoms with van der Waals surface area (Å²) in [6.07, 6.45) is 0.0782. The Labute approximate surface area is 144 Å². The van der Waals surface area contributed by atoms with Crippen molar-refractivity contribution in [3.05, 3.63) is 51.3 Å². The van der Waals surface area contributed by atoms with Crippen LogP contribution in [0.5, 0.6) is 0 Å². The highest BCUT2D eigenvalue weighted by molar-refractivity contribution is 6.24. The van der Waals surface area contributed by atoms with Crippen LogP contribution in [0, 0.1) is 38.2 Å². The van der Waals surface area contributed by atoms with Crippen molar-refractivity contribution < 1.29 is 14.5 Å². The number of nitriles is 1. The Balaban J connectivity index is 2.02. The topological polar surface area (TPSA) is 117 Å². The predicted octanol–water partition coefficient (Wildman–Crippen LogP) is 3.47. The van der Waals surface area contributed by atoms with Crippen LogP contribution in [0.2, 0.25) is 0 Å². The van der Waals surface area contributed by atoms with Crippen LogP contribution in [0.1, 0.15) is 38.4 Å². The van der Waals surface area contributed by atoms with Gasteiger partial charge in [-0.1, -0.05) is 13.8 Å². The standard InChI is InChI=1S/C18H17N3O4/c1-18(2)7-13(22)15-14(8-18)25-17(12(9-19)16(15)20)10-3-5-11(6-4-10)21(23)24/h3-6,12,17,20H,7-8H2,1-2H3/t12?,17-/m0/s1. The molecule has 0 spiro atoms. The van der Waals surface area contributed by atoms with Gasteiger partial charge in [-0.25, -0.2) is 0 Å². The Morgan fingerprint density at radius 1 is 1.32 bits per heavy atom. The molecule has 1 heterocycles. The number of hydrogen-bond acceptors (Lipinski definition) is 6. The second-order valence-corrected chi connectivity index (χ2v) is 7.15. The van der Waals surface area contributed by atoms with Crippen LogP contribution in [-0.2, 0) is 9.53 Å². The molecule has 0 radical (unpaired) electrons. The third-order valence-electron chi connectivity index (χ3n) is 4.56. The van der Waals surface area contributed by atoms with E-state index in [0.29, 0.717) is 24.2 Å². The lowest BCUT2D eigenvalue weighted by Gasteiger charge is -2.39. The lowest BCUT2D eigenvalue weighted by atomic mass is 9.72. The highest BCUT2D eigenvalue weighted by Gasteiger charge is 2.44. The fourth-order valence-electron chi connectivity index (χ4n) is 3.37. The van der Waals surface area contributed by atoms with Crippen LogP contribution in [0.15, 0.2) is 35.6 Å². The molecular formula is C18H17N3O4. The number of benzene rings is 1. The number of carbonyl (C=O) groups is 1. The number of non-ortho nitro benzene ring substituents is 1. The predicted molar refractivity (Wildman–Crippen MR) is 88.8 cm³/mol. The van der Waals surface area contributed by atoms with Crippen LogP contribution in [0.3, 0.4) is 0 Å². The summed E-state index contributed by atoms with van der Waals surface area (Å²) in [6.45, 7) is 3.91.